The van der Waals surface area contributed by atoms with E-state index < -0.39 is 13.6 Å². The molecule has 0 spiro atoms. The van der Waals surface area contributed by atoms with Crippen molar-refractivity contribution < 1.29 is 37.4 Å². The van der Waals surface area contributed by atoms with Crippen molar-refractivity contribution in [3.8, 4) is 28.8 Å². The third-order valence-electron chi connectivity index (χ3n) is 6.71. The molecule has 0 bridgehead atoms. The van der Waals surface area contributed by atoms with Crippen molar-refractivity contribution in [2.45, 2.75) is 34.0 Å². The van der Waals surface area contributed by atoms with E-state index in [1.165, 1.54) is 17.9 Å². The van der Waals surface area contributed by atoms with Crippen molar-refractivity contribution >= 4 is 19.6 Å². The summed E-state index contributed by atoms with van der Waals surface area (Å²) in [6, 6.07) is 23.5. The zero-order chi connectivity index (χ0) is 32.5. The highest BCUT2D eigenvalue weighted by Crippen LogP contribution is 2.50. The first kappa shape index (κ1) is 32.4. The Balaban J connectivity index is 1.25. The van der Waals surface area contributed by atoms with Gasteiger partial charge in [-0.05, 0) is 74.9 Å². The molecule has 2 aromatic heterocycles. The molecule has 2 heterocycles. The Morgan fingerprint density at radius 1 is 0.957 bits per heavy atom. The third-order valence-corrected chi connectivity index (χ3v) is 8.46. The van der Waals surface area contributed by atoms with E-state index in [4.69, 9.17) is 22.9 Å². The maximum absolute atomic E-state index is 13.0. The number of hydrogen-bond donors (Lipinski definition) is 1. The summed E-state index contributed by atoms with van der Waals surface area (Å²) in [7, 11) is -3.42. The average molecular weight is 644 g/mol. The molecule has 0 amide bonds. The van der Waals surface area contributed by atoms with Gasteiger partial charge in [-0.2, -0.15) is 0 Å². The van der Waals surface area contributed by atoms with Crippen LogP contribution >= 0.6 is 7.60 Å². The lowest BCUT2D eigenvalue weighted by Crippen LogP contribution is -2.00. The number of oxazole rings is 1. The largest absolute Gasteiger partial charge is 0.487 e. The van der Waals surface area contributed by atoms with E-state index in [9.17, 15) is 14.5 Å². The van der Waals surface area contributed by atoms with Crippen molar-refractivity contribution in [1.29, 1.82) is 0 Å². The predicted octanol–water partition coefficient (Wildman–Crippen LogP) is 7.93. The Morgan fingerprint density at radius 3 is 2.39 bits per heavy atom. The fraction of sp³-hybridized carbons (Fsp3) is 0.206. The second kappa shape index (κ2) is 14.9. The Labute approximate surface area is 266 Å². The number of aromatic carboxylic acids is 1. The maximum Gasteiger partial charge on any atom is 0.354 e. The highest BCUT2D eigenvalue weighted by Gasteiger charge is 2.20. The highest BCUT2D eigenvalue weighted by atomic mass is 31.2. The standard InChI is InChI=1S/C34H34N3O8P/c1-4-43-46(40,44-5-2)19-18-28-21-37(29-12-7-6-8-13-29)36-33(28)42-22-25-14-16-30(17-15-25)41-23-31-24(3)45-32(35-31)26-10-9-11-27(20-26)34(38)39/h6-21H,4-5,22-23H2,1-3H3,(H,38,39). The molecular weight excluding hydrogens is 609 g/mol. The van der Waals surface area contributed by atoms with Crippen LogP contribution in [-0.4, -0.2) is 39.1 Å². The topological polar surface area (TPSA) is 135 Å². The molecular formula is C34H34N3O8P. The van der Waals surface area contributed by atoms with Crippen molar-refractivity contribution in [2.24, 2.45) is 0 Å². The van der Waals surface area contributed by atoms with Crippen LogP contribution in [0.25, 0.3) is 23.2 Å². The predicted molar refractivity (Wildman–Crippen MR) is 172 cm³/mol. The normalized spacial score (nSPS) is 11.6. The first-order valence-corrected chi connectivity index (χ1v) is 16.3. The summed E-state index contributed by atoms with van der Waals surface area (Å²) < 4.78 is 43.3. The summed E-state index contributed by atoms with van der Waals surface area (Å²) in [6.45, 7) is 6.19. The summed E-state index contributed by atoms with van der Waals surface area (Å²) in [5.41, 5.74) is 3.67. The van der Waals surface area contributed by atoms with E-state index in [0.717, 1.165) is 11.3 Å². The Kier molecular flexibility index (Phi) is 10.5. The van der Waals surface area contributed by atoms with Crippen LogP contribution in [0, 0.1) is 6.92 Å². The lowest BCUT2D eigenvalue weighted by molar-refractivity contribution is 0.0697. The fourth-order valence-electron chi connectivity index (χ4n) is 4.42. The second-order valence-electron chi connectivity index (χ2n) is 9.99. The van der Waals surface area contributed by atoms with Crippen LogP contribution in [-0.2, 0) is 26.8 Å². The van der Waals surface area contributed by atoms with Gasteiger partial charge in [-0.1, -0.05) is 36.4 Å². The number of benzene rings is 3. The van der Waals surface area contributed by atoms with Gasteiger partial charge in [0.2, 0.25) is 11.8 Å². The van der Waals surface area contributed by atoms with Gasteiger partial charge in [-0.25, -0.2) is 14.5 Å². The number of carboxylic acid groups (broad SMARTS) is 1. The number of aryl methyl sites for hydroxylation is 1. The first-order valence-electron chi connectivity index (χ1n) is 14.6. The molecule has 0 aliphatic rings. The molecule has 0 aliphatic carbocycles. The minimum atomic E-state index is -3.42. The number of carboxylic acids is 1. The summed E-state index contributed by atoms with van der Waals surface area (Å²) in [4.78, 5) is 15.8. The Morgan fingerprint density at radius 2 is 1.70 bits per heavy atom. The summed E-state index contributed by atoms with van der Waals surface area (Å²) in [5.74, 6) is 2.30. The summed E-state index contributed by atoms with van der Waals surface area (Å²) in [6.07, 6.45) is 3.44. The lowest BCUT2D eigenvalue weighted by Gasteiger charge is -2.12. The van der Waals surface area contributed by atoms with Gasteiger partial charge in [0.05, 0.1) is 30.0 Å². The molecule has 5 rings (SSSR count). The van der Waals surface area contributed by atoms with Crippen molar-refractivity contribution in [3.63, 3.8) is 0 Å². The van der Waals surface area contributed by atoms with Crippen LogP contribution in [0.1, 0.15) is 46.8 Å². The molecule has 12 heteroatoms. The molecule has 5 aromatic rings. The van der Waals surface area contributed by atoms with E-state index in [1.807, 2.05) is 54.6 Å². The van der Waals surface area contributed by atoms with E-state index >= 15 is 0 Å². The van der Waals surface area contributed by atoms with Crippen LogP contribution in [0.4, 0.5) is 0 Å². The van der Waals surface area contributed by atoms with Gasteiger partial charge in [0, 0.05) is 17.6 Å². The quantitative estimate of drug-likeness (QED) is 0.112. The molecule has 0 saturated carbocycles. The molecule has 0 fully saturated rings. The number of nitrogens with zero attached hydrogens (tertiary/aromatic N) is 3. The maximum atomic E-state index is 13.0. The molecule has 0 atom stereocenters. The van der Waals surface area contributed by atoms with E-state index in [-0.39, 0.29) is 32.0 Å². The summed E-state index contributed by atoms with van der Waals surface area (Å²) >= 11 is 0. The smallest absolute Gasteiger partial charge is 0.354 e. The molecule has 11 nitrogen and oxygen atoms in total. The molecule has 0 unspecified atom stereocenters. The molecule has 0 radical (unpaired) electrons. The van der Waals surface area contributed by atoms with Crippen LogP contribution in [0.15, 0.2) is 95.3 Å². The lowest BCUT2D eigenvalue weighted by atomic mass is 10.1. The average Bonchev–Trinajstić information content (AvgIpc) is 3.66. The zero-order valence-electron chi connectivity index (χ0n) is 25.7. The molecule has 1 N–H and O–H groups in total. The van der Waals surface area contributed by atoms with E-state index in [0.29, 0.717) is 40.1 Å². The van der Waals surface area contributed by atoms with Gasteiger partial charge in [0.15, 0.2) is 0 Å². The van der Waals surface area contributed by atoms with Gasteiger partial charge in [0.1, 0.15) is 30.4 Å². The number of ether oxygens (including phenoxy) is 2. The van der Waals surface area contributed by atoms with Gasteiger partial charge >= 0.3 is 13.6 Å². The number of para-hydroxylation sites is 1. The second-order valence-corrected chi connectivity index (χ2v) is 11.9. The number of aromatic nitrogens is 3. The minimum absolute atomic E-state index is 0.154. The van der Waals surface area contributed by atoms with Crippen molar-refractivity contribution in [3.05, 3.63) is 119 Å². The summed E-state index contributed by atoms with van der Waals surface area (Å²) in [5, 5.41) is 13.9. The van der Waals surface area contributed by atoms with Gasteiger partial charge in [-0.3, -0.25) is 4.57 Å². The number of carbonyl (C=O) groups is 1. The molecule has 46 heavy (non-hydrogen) atoms. The van der Waals surface area contributed by atoms with Gasteiger partial charge in [-0.15, -0.1) is 5.10 Å². The van der Waals surface area contributed by atoms with Crippen LogP contribution in [0.3, 0.4) is 0 Å². The molecule has 0 aliphatic heterocycles. The van der Waals surface area contributed by atoms with Crippen molar-refractivity contribution in [2.75, 3.05) is 13.2 Å². The van der Waals surface area contributed by atoms with E-state index in [2.05, 4.69) is 10.1 Å². The molecule has 238 valence electrons. The zero-order valence-corrected chi connectivity index (χ0v) is 26.6. The first-order chi connectivity index (χ1) is 22.3. The van der Waals surface area contributed by atoms with E-state index in [1.54, 1.807) is 49.9 Å². The van der Waals surface area contributed by atoms with Gasteiger partial charge < -0.3 is 28.0 Å². The molecule has 3 aromatic carbocycles. The number of rotatable bonds is 15. The SMILES string of the molecule is CCOP(=O)(C=Cc1cn(-c2ccccc2)nc1OCc1ccc(OCc2nc(-c3cccc(C(=O)O)c3)oc2C)cc1)OCC. The Hall–Kier alpha value is -4.96. The third kappa shape index (κ3) is 8.19. The monoisotopic (exact) mass is 643 g/mol. The van der Waals surface area contributed by atoms with Crippen LogP contribution < -0.4 is 9.47 Å². The number of hydrogen-bond acceptors (Lipinski definition) is 9. The minimum Gasteiger partial charge on any atom is -0.487 e. The Bertz CT molecular complexity index is 1840. The van der Waals surface area contributed by atoms with Crippen molar-refractivity contribution in [1.82, 2.24) is 14.8 Å². The fourth-order valence-corrected chi connectivity index (χ4v) is 5.73. The molecule has 0 saturated heterocycles. The van der Waals surface area contributed by atoms with Crippen LogP contribution in [0.5, 0.6) is 11.6 Å². The van der Waals surface area contributed by atoms with Crippen LogP contribution in [0.2, 0.25) is 0 Å². The highest BCUT2D eigenvalue weighted by molar-refractivity contribution is 7.57. The van der Waals surface area contributed by atoms with Gasteiger partial charge in [0.25, 0.3) is 0 Å².